The lowest BCUT2D eigenvalue weighted by Gasteiger charge is -2.39. The number of hydrogen-bond donors (Lipinski definition) is 2. The number of anilines is 3. The Labute approximate surface area is 321 Å². The maximum absolute atomic E-state index is 16.4. The van der Waals surface area contributed by atoms with Crippen LogP contribution in [0.25, 0.3) is 0 Å². The van der Waals surface area contributed by atoms with Gasteiger partial charge in [-0.25, -0.2) is 0 Å². The van der Waals surface area contributed by atoms with Crippen molar-refractivity contribution in [3.05, 3.63) is 101 Å². The molecule has 4 atom stereocenters. The lowest BCUT2D eigenvalue weighted by Crippen LogP contribution is -2.55. The second-order valence-electron chi connectivity index (χ2n) is 15.6. The monoisotopic (exact) mass is 771 g/mol. The average molecular weight is 772 g/mol. The summed E-state index contributed by atoms with van der Waals surface area (Å²) in [5, 5.41) is 21.5. The number of carbonyl (C=O) groups excluding carboxylic acids is 2. The highest BCUT2D eigenvalue weighted by molar-refractivity contribution is 6.72. The highest BCUT2D eigenvalue weighted by atomic mass is 35.5. The van der Waals surface area contributed by atoms with Gasteiger partial charge in [0.05, 0.1) is 30.7 Å². The fourth-order valence-electron chi connectivity index (χ4n) is 9.56. The Hall–Kier alpha value is -4.14. The van der Waals surface area contributed by atoms with Crippen molar-refractivity contribution in [2.24, 2.45) is 5.92 Å². The fraction of sp³-hybridized carbons (Fsp3) is 0.450. The zero-order valence-electron chi connectivity index (χ0n) is 30.9. The summed E-state index contributed by atoms with van der Waals surface area (Å²) in [6.45, 7) is 7.90. The summed E-state index contributed by atoms with van der Waals surface area (Å²) in [6.07, 6.45) is 3.49. The molecular formula is C40H47ClFN7O4Si. The number of rotatable bonds is 10. The van der Waals surface area contributed by atoms with E-state index in [9.17, 15) is 14.7 Å². The molecule has 0 unspecified atom stereocenters. The van der Waals surface area contributed by atoms with Crippen molar-refractivity contribution in [3.8, 4) is 0 Å². The first-order valence-corrected chi connectivity index (χ1v) is 22.2. The number of aliphatic hydroxyl groups excluding tert-OH is 1. The van der Waals surface area contributed by atoms with Gasteiger partial charge in [-0.15, -0.1) is 5.10 Å². The summed E-state index contributed by atoms with van der Waals surface area (Å²) in [7, 11) is -3.38. The number of para-hydroxylation sites is 1. The van der Waals surface area contributed by atoms with Crippen LogP contribution in [-0.4, -0.2) is 78.3 Å². The third kappa shape index (κ3) is 6.14. The normalized spacial score (nSPS) is 25.1. The van der Waals surface area contributed by atoms with E-state index in [-0.39, 0.29) is 25.0 Å². The molecule has 0 radical (unpaired) electrons. The lowest BCUT2D eigenvalue weighted by atomic mass is 9.82. The van der Waals surface area contributed by atoms with Gasteiger partial charge in [0, 0.05) is 59.2 Å². The van der Waals surface area contributed by atoms with Crippen LogP contribution in [0.2, 0.25) is 23.7 Å². The van der Waals surface area contributed by atoms with Crippen molar-refractivity contribution in [2.45, 2.75) is 81.6 Å². The van der Waals surface area contributed by atoms with Crippen LogP contribution in [0.4, 0.5) is 21.2 Å². The fourth-order valence-corrected chi connectivity index (χ4v) is 12.3. The van der Waals surface area contributed by atoms with Gasteiger partial charge in [0.1, 0.15) is 5.54 Å². The number of fused-ring (bicyclic) bond motifs is 2. The number of ether oxygens (including phenoxy) is 1. The van der Waals surface area contributed by atoms with Crippen LogP contribution in [-0.2, 0) is 39.4 Å². The maximum atomic E-state index is 16.4. The number of benzene rings is 3. The van der Waals surface area contributed by atoms with Gasteiger partial charge in [-0.05, 0) is 93.5 Å². The van der Waals surface area contributed by atoms with Gasteiger partial charge in [-0.1, -0.05) is 54.1 Å². The van der Waals surface area contributed by atoms with E-state index in [0.717, 1.165) is 30.0 Å². The molecule has 3 fully saturated rings. The first kappa shape index (κ1) is 36.8. The minimum Gasteiger partial charge on any atom is -0.396 e. The molecule has 2 N–H and O–H groups in total. The molecule has 11 nitrogen and oxygen atoms in total. The summed E-state index contributed by atoms with van der Waals surface area (Å²) in [6, 6.07) is 23.4. The third-order valence-electron chi connectivity index (χ3n) is 12.0. The molecule has 8 rings (SSSR count). The van der Waals surface area contributed by atoms with Crippen LogP contribution in [0, 0.1) is 5.92 Å². The van der Waals surface area contributed by atoms with Crippen molar-refractivity contribution in [2.75, 3.05) is 41.1 Å². The molecule has 0 bridgehead atoms. The van der Waals surface area contributed by atoms with E-state index in [2.05, 4.69) is 32.7 Å². The predicted molar refractivity (Wildman–Crippen MR) is 209 cm³/mol. The lowest BCUT2D eigenvalue weighted by molar-refractivity contribution is -0.146. The summed E-state index contributed by atoms with van der Waals surface area (Å²) in [5.74, 6) is -0.626. The van der Waals surface area contributed by atoms with E-state index in [1.54, 1.807) is 41.0 Å². The zero-order valence-corrected chi connectivity index (χ0v) is 32.7. The van der Waals surface area contributed by atoms with Crippen LogP contribution >= 0.6 is 11.6 Å². The Morgan fingerprint density at radius 3 is 2.52 bits per heavy atom. The van der Waals surface area contributed by atoms with E-state index in [1.165, 1.54) is 0 Å². The summed E-state index contributed by atoms with van der Waals surface area (Å²) in [4.78, 5) is 35.3. The predicted octanol–water partition coefficient (Wildman–Crippen LogP) is 5.81. The van der Waals surface area contributed by atoms with Crippen LogP contribution in [0.1, 0.15) is 43.0 Å². The molecule has 2 spiro atoms. The van der Waals surface area contributed by atoms with Crippen LogP contribution in [0.5, 0.6) is 0 Å². The molecule has 0 aliphatic carbocycles. The maximum Gasteiger partial charge on any atom is 0.264 e. The highest BCUT2D eigenvalue weighted by Gasteiger charge is 2.66. The Bertz CT molecular complexity index is 2040. The van der Waals surface area contributed by atoms with Crippen molar-refractivity contribution >= 4 is 48.9 Å². The van der Waals surface area contributed by atoms with E-state index in [1.807, 2.05) is 60.4 Å². The van der Waals surface area contributed by atoms with Gasteiger partial charge in [-0.3, -0.25) is 19.2 Å². The number of aryl methyl sites for hydroxylation is 1. The van der Waals surface area contributed by atoms with Crippen molar-refractivity contribution in [1.82, 2.24) is 20.3 Å². The number of halogens is 2. The van der Waals surface area contributed by atoms with Crippen molar-refractivity contribution in [3.63, 3.8) is 0 Å². The number of aliphatic hydroxyl groups is 1. The highest BCUT2D eigenvalue weighted by Crippen LogP contribution is 2.60. The van der Waals surface area contributed by atoms with Gasteiger partial charge in [0.15, 0.2) is 5.60 Å². The smallest absolute Gasteiger partial charge is 0.264 e. The van der Waals surface area contributed by atoms with Crippen LogP contribution in [0.3, 0.4) is 0 Å². The number of nitrogens with zero attached hydrogens (tertiary/aromatic N) is 6. The molecular weight excluding hydrogens is 725 g/mol. The Morgan fingerprint density at radius 1 is 1.02 bits per heavy atom. The summed E-state index contributed by atoms with van der Waals surface area (Å²) >= 11 is 6.61. The first-order valence-electron chi connectivity index (χ1n) is 18.9. The molecule has 4 aliphatic heterocycles. The molecule has 14 heteroatoms. The number of amides is 2. The minimum atomic E-state index is -3.38. The van der Waals surface area contributed by atoms with Gasteiger partial charge in [-0.2, -0.15) is 0 Å². The molecule has 5 heterocycles. The molecule has 1 aromatic heterocycles. The number of hydrogen-bond acceptors (Lipinski definition) is 8. The molecule has 3 saturated heterocycles. The standard InChI is InChI=1S/C40H47ClFN7O4Si/c1-27-36(54(2,3)42)35(14-20-46-25-30(15-21-50)44-45-46)53-40(27)33-23-29(41)12-13-34(33)47(38(40)52)24-28-8-7-11-32(22-28)48-26-49(31-9-5-4-6-10-31)39(37(48)51)16-18-43-19-17-39/h4-13,22-23,25,27,35-36,43,50H,14-21,24,26H2,1-3H3/t27-,35+,36-,40+/m0/s1. The number of piperidine rings is 1. The van der Waals surface area contributed by atoms with Gasteiger partial charge >= 0.3 is 0 Å². The van der Waals surface area contributed by atoms with Gasteiger partial charge in [0.25, 0.3) is 11.8 Å². The minimum absolute atomic E-state index is 0.0269. The van der Waals surface area contributed by atoms with E-state index >= 15 is 4.11 Å². The second kappa shape index (κ2) is 14.2. The molecule has 4 aliphatic rings. The zero-order chi connectivity index (χ0) is 37.8. The third-order valence-corrected chi connectivity index (χ3v) is 14.7. The quantitative estimate of drug-likeness (QED) is 0.153. The van der Waals surface area contributed by atoms with Crippen molar-refractivity contribution < 1.29 is 23.5 Å². The van der Waals surface area contributed by atoms with E-state index in [0.29, 0.717) is 60.9 Å². The van der Waals surface area contributed by atoms with Gasteiger partial charge < -0.3 is 29.1 Å². The van der Waals surface area contributed by atoms with Crippen LogP contribution < -0.4 is 20.0 Å². The Kier molecular flexibility index (Phi) is 9.66. The van der Waals surface area contributed by atoms with Crippen molar-refractivity contribution in [1.29, 1.82) is 0 Å². The first-order chi connectivity index (χ1) is 26.0. The summed E-state index contributed by atoms with van der Waals surface area (Å²) < 4.78 is 25.0. The topological polar surface area (TPSA) is 116 Å². The largest absolute Gasteiger partial charge is 0.396 e. The SMILES string of the molecule is C[C@H]1[C@H]([Si](C)(C)F)[C@@H](CCn2cc(CCO)nn2)O[C@]12C(=O)N(Cc1cccc(N3CN(c4ccccc4)C4(CCNCC4)C3=O)c1)c1ccc(Cl)cc12. The molecule has 4 aromatic rings. The number of carbonyl (C=O) groups is 2. The Morgan fingerprint density at radius 2 is 1.78 bits per heavy atom. The number of nitrogens with one attached hydrogen (secondary N) is 1. The molecule has 0 saturated carbocycles. The number of aromatic nitrogens is 3. The van der Waals surface area contributed by atoms with Crippen LogP contribution in [0.15, 0.2) is 79.0 Å². The second-order valence-corrected chi connectivity index (χ2v) is 19.9. The Balaban J connectivity index is 1.09. The molecule has 3 aromatic carbocycles. The van der Waals surface area contributed by atoms with E-state index in [4.69, 9.17) is 16.3 Å². The molecule has 2 amide bonds. The molecule has 54 heavy (non-hydrogen) atoms. The molecule has 284 valence electrons. The summed E-state index contributed by atoms with van der Waals surface area (Å²) in [5.41, 5.74) is 2.13. The average Bonchev–Trinajstić information content (AvgIpc) is 3.87. The van der Waals surface area contributed by atoms with E-state index < -0.39 is 37.1 Å². The van der Waals surface area contributed by atoms with Gasteiger partial charge in [0.2, 0.25) is 8.41 Å².